The average Bonchev–Trinajstić information content (AvgIpc) is 2.02. The first kappa shape index (κ1) is 8.73. The maximum absolute atomic E-state index is 5.09. The largest absolute Gasteiger partial charge is 0.380 e. The number of methoxy groups -OCH3 is 1. The fourth-order valence-electron chi connectivity index (χ4n) is 1.64. The van der Waals surface area contributed by atoms with Crippen molar-refractivity contribution in [2.75, 3.05) is 13.7 Å². The van der Waals surface area contributed by atoms with Gasteiger partial charge in [0.2, 0.25) is 0 Å². The van der Waals surface area contributed by atoms with Crippen LogP contribution < -0.4 is 5.32 Å². The van der Waals surface area contributed by atoms with Gasteiger partial charge >= 0.3 is 0 Å². The quantitative estimate of drug-likeness (QED) is 0.761. The molecule has 1 aliphatic heterocycles. The van der Waals surface area contributed by atoms with Gasteiger partial charge in [-0.2, -0.15) is 0 Å². The van der Waals surface area contributed by atoms with Gasteiger partial charge in [-0.1, -0.05) is 24.3 Å². The summed E-state index contributed by atoms with van der Waals surface area (Å²) in [6, 6.07) is 9.18. The van der Waals surface area contributed by atoms with Crippen LogP contribution in [-0.2, 0) is 11.3 Å². The van der Waals surface area contributed by atoms with E-state index in [4.69, 9.17) is 4.74 Å². The van der Waals surface area contributed by atoms with E-state index in [-0.39, 0.29) is 0 Å². The molecule has 1 saturated heterocycles. The molecule has 1 aliphatic rings. The Morgan fingerprint density at radius 2 is 2.38 bits per heavy atom. The third kappa shape index (κ3) is 1.90. The minimum Gasteiger partial charge on any atom is -0.380 e. The van der Waals surface area contributed by atoms with Gasteiger partial charge < -0.3 is 10.1 Å². The maximum atomic E-state index is 5.09. The van der Waals surface area contributed by atoms with E-state index in [9.17, 15) is 0 Å². The van der Waals surface area contributed by atoms with Gasteiger partial charge in [0.05, 0.1) is 6.61 Å². The molecular formula is C11H15NO. The van der Waals surface area contributed by atoms with Crippen LogP contribution in [0.3, 0.4) is 0 Å². The summed E-state index contributed by atoms with van der Waals surface area (Å²) in [7, 11) is 1.73. The molecule has 0 aromatic heterocycles. The second kappa shape index (κ2) is 3.90. The molecule has 0 saturated carbocycles. The van der Waals surface area contributed by atoms with Crippen LogP contribution in [0.1, 0.15) is 23.6 Å². The van der Waals surface area contributed by atoms with Gasteiger partial charge in [0.15, 0.2) is 0 Å². The van der Waals surface area contributed by atoms with Crippen LogP contribution in [-0.4, -0.2) is 13.7 Å². The average molecular weight is 177 g/mol. The first-order valence-electron chi connectivity index (χ1n) is 4.71. The molecule has 1 aromatic rings. The van der Waals surface area contributed by atoms with E-state index in [0.29, 0.717) is 12.6 Å². The molecule has 1 aromatic carbocycles. The summed E-state index contributed by atoms with van der Waals surface area (Å²) < 4.78 is 5.09. The minimum absolute atomic E-state index is 0.580. The molecule has 0 aliphatic carbocycles. The number of ether oxygens (including phenoxy) is 1. The highest BCUT2D eigenvalue weighted by Gasteiger charge is 2.17. The van der Waals surface area contributed by atoms with Crippen molar-refractivity contribution in [3.8, 4) is 0 Å². The molecule has 2 nitrogen and oxygen atoms in total. The lowest BCUT2D eigenvalue weighted by molar-refractivity contribution is 0.184. The molecule has 2 rings (SSSR count). The second-order valence-electron chi connectivity index (χ2n) is 3.47. The number of rotatable bonds is 3. The lowest BCUT2D eigenvalue weighted by Gasteiger charge is -2.28. The van der Waals surface area contributed by atoms with Crippen molar-refractivity contribution in [3.05, 3.63) is 35.4 Å². The highest BCUT2D eigenvalue weighted by molar-refractivity contribution is 5.26. The first-order valence-corrected chi connectivity index (χ1v) is 4.71. The van der Waals surface area contributed by atoms with Crippen molar-refractivity contribution in [2.45, 2.75) is 19.1 Å². The van der Waals surface area contributed by atoms with Gasteiger partial charge in [0.1, 0.15) is 0 Å². The topological polar surface area (TPSA) is 21.3 Å². The normalized spacial score (nSPS) is 21.2. The zero-order chi connectivity index (χ0) is 9.10. The predicted molar refractivity (Wildman–Crippen MR) is 52.5 cm³/mol. The van der Waals surface area contributed by atoms with E-state index in [0.717, 1.165) is 6.54 Å². The molecule has 0 bridgehead atoms. The zero-order valence-corrected chi connectivity index (χ0v) is 7.92. The van der Waals surface area contributed by atoms with E-state index in [1.165, 1.54) is 17.5 Å². The zero-order valence-electron chi connectivity index (χ0n) is 7.92. The molecule has 0 amide bonds. The van der Waals surface area contributed by atoms with Crippen LogP contribution >= 0.6 is 0 Å². The molecule has 70 valence electrons. The highest BCUT2D eigenvalue weighted by Crippen LogP contribution is 2.23. The van der Waals surface area contributed by atoms with Crippen molar-refractivity contribution < 1.29 is 4.74 Å². The van der Waals surface area contributed by atoms with Crippen molar-refractivity contribution in [3.63, 3.8) is 0 Å². The van der Waals surface area contributed by atoms with Gasteiger partial charge in [-0.25, -0.2) is 0 Å². The van der Waals surface area contributed by atoms with Crippen LogP contribution in [0.2, 0.25) is 0 Å². The van der Waals surface area contributed by atoms with Gasteiger partial charge in [-0.3, -0.25) is 0 Å². The smallest absolute Gasteiger partial charge is 0.0713 e. The Morgan fingerprint density at radius 1 is 1.54 bits per heavy atom. The number of benzene rings is 1. The molecule has 1 unspecified atom stereocenters. The Hall–Kier alpha value is -0.860. The molecule has 1 N–H and O–H groups in total. The minimum atomic E-state index is 0.580. The van der Waals surface area contributed by atoms with Gasteiger partial charge in [-0.05, 0) is 24.1 Å². The Morgan fingerprint density at radius 3 is 3.00 bits per heavy atom. The summed E-state index contributed by atoms with van der Waals surface area (Å²) in [5.41, 5.74) is 2.65. The summed E-state index contributed by atoms with van der Waals surface area (Å²) in [4.78, 5) is 0. The second-order valence-corrected chi connectivity index (χ2v) is 3.47. The summed E-state index contributed by atoms with van der Waals surface area (Å²) in [6.45, 7) is 1.86. The van der Waals surface area contributed by atoms with Crippen LogP contribution in [0.25, 0.3) is 0 Å². The van der Waals surface area contributed by atoms with E-state index in [2.05, 4.69) is 29.6 Å². The van der Waals surface area contributed by atoms with E-state index >= 15 is 0 Å². The maximum Gasteiger partial charge on any atom is 0.0713 e. The van der Waals surface area contributed by atoms with Gasteiger partial charge in [-0.15, -0.1) is 0 Å². The molecule has 1 fully saturated rings. The fourth-order valence-corrected chi connectivity index (χ4v) is 1.64. The molecule has 2 heteroatoms. The lowest BCUT2D eigenvalue weighted by Crippen LogP contribution is -2.34. The van der Waals surface area contributed by atoms with Crippen molar-refractivity contribution >= 4 is 0 Å². The highest BCUT2D eigenvalue weighted by atomic mass is 16.5. The molecular weight excluding hydrogens is 162 g/mol. The molecule has 13 heavy (non-hydrogen) atoms. The van der Waals surface area contributed by atoms with Crippen LogP contribution in [0.4, 0.5) is 0 Å². The Labute approximate surface area is 78.9 Å². The third-order valence-electron chi connectivity index (χ3n) is 2.49. The van der Waals surface area contributed by atoms with E-state index in [1.807, 2.05) is 0 Å². The van der Waals surface area contributed by atoms with Crippen molar-refractivity contribution in [2.24, 2.45) is 0 Å². The SMILES string of the molecule is COCc1cccc(C2CCN2)c1. The molecule has 0 radical (unpaired) electrons. The summed E-state index contributed by atoms with van der Waals surface area (Å²) >= 11 is 0. The van der Waals surface area contributed by atoms with Gasteiger partial charge in [0.25, 0.3) is 0 Å². The number of nitrogens with one attached hydrogen (secondary N) is 1. The van der Waals surface area contributed by atoms with Crippen molar-refractivity contribution in [1.82, 2.24) is 5.32 Å². The lowest BCUT2D eigenvalue weighted by atomic mass is 9.97. The first-order chi connectivity index (χ1) is 6.40. The fraction of sp³-hybridized carbons (Fsp3) is 0.455. The van der Waals surface area contributed by atoms with Gasteiger partial charge in [0, 0.05) is 13.2 Å². The molecule has 1 heterocycles. The number of hydrogen-bond acceptors (Lipinski definition) is 2. The predicted octanol–water partition coefficient (Wildman–Crippen LogP) is 1.87. The van der Waals surface area contributed by atoms with Crippen LogP contribution in [0.5, 0.6) is 0 Å². The van der Waals surface area contributed by atoms with Crippen molar-refractivity contribution in [1.29, 1.82) is 0 Å². The van der Waals surface area contributed by atoms with E-state index < -0.39 is 0 Å². The van der Waals surface area contributed by atoms with Crippen LogP contribution in [0.15, 0.2) is 24.3 Å². The summed E-state index contributed by atoms with van der Waals surface area (Å²) in [6.07, 6.45) is 1.26. The Bertz CT molecular complexity index is 281. The Kier molecular flexibility index (Phi) is 2.62. The third-order valence-corrected chi connectivity index (χ3v) is 2.49. The standard InChI is InChI=1S/C11H15NO/c1-13-8-9-3-2-4-10(7-9)11-5-6-12-11/h2-4,7,11-12H,5-6,8H2,1H3. The van der Waals surface area contributed by atoms with E-state index in [1.54, 1.807) is 7.11 Å². The molecule has 1 atom stereocenters. The monoisotopic (exact) mass is 177 g/mol. The Balaban J connectivity index is 2.11. The summed E-state index contributed by atoms with van der Waals surface area (Å²) in [5, 5.41) is 3.39. The van der Waals surface area contributed by atoms with Crippen LogP contribution in [0, 0.1) is 0 Å². The molecule has 0 spiro atoms. The summed E-state index contributed by atoms with van der Waals surface area (Å²) in [5.74, 6) is 0. The number of hydrogen-bond donors (Lipinski definition) is 1.